The normalized spacial score (nSPS) is 18.6. The highest BCUT2D eigenvalue weighted by Crippen LogP contribution is 2.37. The van der Waals surface area contributed by atoms with E-state index in [2.05, 4.69) is 26.0 Å². The lowest BCUT2D eigenvalue weighted by Gasteiger charge is -2.19. The van der Waals surface area contributed by atoms with E-state index >= 15 is 0 Å². The third-order valence-electron chi connectivity index (χ3n) is 3.46. The van der Waals surface area contributed by atoms with E-state index < -0.39 is 0 Å². The van der Waals surface area contributed by atoms with Crippen molar-refractivity contribution in [1.82, 2.24) is 0 Å². The van der Waals surface area contributed by atoms with Crippen LogP contribution in [0, 0.1) is 5.92 Å². The zero-order valence-electron chi connectivity index (χ0n) is 10.5. The minimum Gasteiger partial charge on any atom is -0.391 e. The van der Waals surface area contributed by atoms with Crippen LogP contribution in [-0.2, 0) is 0 Å². The summed E-state index contributed by atoms with van der Waals surface area (Å²) in [5.41, 5.74) is 8.42. The Labute approximate surface area is 110 Å². The first-order valence-electron chi connectivity index (χ1n) is 6.13. The second-order valence-electron chi connectivity index (χ2n) is 5.18. The average Bonchev–Trinajstić information content (AvgIpc) is 3.11. The average molecular weight is 256 g/mol. The van der Waals surface area contributed by atoms with E-state index in [1.165, 1.54) is 5.56 Å². The van der Waals surface area contributed by atoms with Crippen LogP contribution < -0.4 is 5.73 Å². The van der Waals surface area contributed by atoms with Gasteiger partial charge in [0.05, 0.1) is 12.1 Å². The molecular formula is C14H22ClNO. The van der Waals surface area contributed by atoms with E-state index in [1.807, 2.05) is 12.1 Å². The molecule has 2 rings (SSSR count). The fraction of sp³-hybridized carbons (Fsp3) is 0.571. The van der Waals surface area contributed by atoms with Crippen molar-refractivity contribution in [2.24, 2.45) is 11.7 Å². The van der Waals surface area contributed by atoms with Crippen LogP contribution in [0.2, 0.25) is 0 Å². The molecule has 1 aliphatic rings. The second-order valence-corrected chi connectivity index (χ2v) is 5.18. The highest BCUT2D eigenvalue weighted by atomic mass is 35.5. The fourth-order valence-electron chi connectivity index (χ4n) is 2.03. The summed E-state index contributed by atoms with van der Waals surface area (Å²) in [5.74, 6) is 0.971. The smallest absolute Gasteiger partial charge is 0.0760 e. The molecule has 0 unspecified atom stereocenters. The molecule has 1 aromatic carbocycles. The SMILES string of the molecule is CC(C)c1ccc([C@@H](N)[C@@H](O)C2CC2)cc1.Cl. The summed E-state index contributed by atoms with van der Waals surface area (Å²) < 4.78 is 0. The van der Waals surface area contributed by atoms with Gasteiger partial charge in [-0.1, -0.05) is 38.1 Å². The van der Waals surface area contributed by atoms with Crippen LogP contribution in [0.1, 0.15) is 49.8 Å². The van der Waals surface area contributed by atoms with Crippen LogP contribution in [0.25, 0.3) is 0 Å². The predicted molar refractivity (Wildman–Crippen MR) is 73.4 cm³/mol. The minimum atomic E-state index is -0.370. The standard InChI is InChI=1S/C14H21NO.ClH/c1-9(2)10-3-5-11(6-4-10)13(15)14(16)12-7-8-12;/h3-6,9,12-14,16H,7-8,15H2,1-2H3;1H/t13-,14+;/m1./s1. The first-order chi connectivity index (χ1) is 7.59. The molecule has 0 bridgehead atoms. The summed E-state index contributed by atoms with van der Waals surface area (Å²) in [6.45, 7) is 4.35. The molecule has 3 heteroatoms. The summed E-state index contributed by atoms with van der Waals surface area (Å²) in [5, 5.41) is 9.96. The van der Waals surface area contributed by atoms with Gasteiger partial charge in [0.15, 0.2) is 0 Å². The Morgan fingerprint density at radius 2 is 1.59 bits per heavy atom. The Morgan fingerprint density at radius 3 is 2.00 bits per heavy atom. The van der Waals surface area contributed by atoms with Gasteiger partial charge in [0, 0.05) is 0 Å². The molecule has 3 N–H and O–H groups in total. The third-order valence-corrected chi connectivity index (χ3v) is 3.46. The first kappa shape index (κ1) is 14.5. The van der Waals surface area contributed by atoms with Gasteiger partial charge in [0.2, 0.25) is 0 Å². The summed E-state index contributed by atoms with van der Waals surface area (Å²) in [7, 11) is 0. The van der Waals surface area contributed by atoms with Gasteiger partial charge < -0.3 is 10.8 Å². The van der Waals surface area contributed by atoms with Crippen LogP contribution in [0.15, 0.2) is 24.3 Å². The van der Waals surface area contributed by atoms with Crippen LogP contribution in [0.5, 0.6) is 0 Å². The van der Waals surface area contributed by atoms with Crippen molar-refractivity contribution in [3.63, 3.8) is 0 Å². The molecule has 1 fully saturated rings. The van der Waals surface area contributed by atoms with Gasteiger partial charge in [0.1, 0.15) is 0 Å². The number of nitrogens with two attached hydrogens (primary N) is 1. The Hall–Kier alpha value is -0.570. The van der Waals surface area contributed by atoms with Gasteiger partial charge in [-0.25, -0.2) is 0 Å². The van der Waals surface area contributed by atoms with E-state index in [4.69, 9.17) is 5.73 Å². The van der Waals surface area contributed by atoms with Gasteiger partial charge in [-0.05, 0) is 35.8 Å². The predicted octanol–water partition coefficient (Wildman–Crippen LogP) is 3.00. The maximum atomic E-state index is 9.96. The van der Waals surface area contributed by atoms with Gasteiger partial charge in [-0.3, -0.25) is 0 Å². The Kier molecular flexibility index (Phi) is 4.99. The summed E-state index contributed by atoms with van der Waals surface area (Å²) >= 11 is 0. The lowest BCUT2D eigenvalue weighted by atomic mass is 9.95. The molecular weight excluding hydrogens is 234 g/mol. The molecule has 0 spiro atoms. The Balaban J connectivity index is 0.00000144. The number of hydrogen-bond acceptors (Lipinski definition) is 2. The molecule has 0 radical (unpaired) electrons. The van der Waals surface area contributed by atoms with Crippen molar-refractivity contribution in [2.45, 2.75) is 44.8 Å². The quantitative estimate of drug-likeness (QED) is 0.869. The van der Waals surface area contributed by atoms with E-state index in [0.29, 0.717) is 11.8 Å². The molecule has 0 heterocycles. The Morgan fingerprint density at radius 1 is 1.12 bits per heavy atom. The van der Waals surface area contributed by atoms with Crippen LogP contribution in [0.3, 0.4) is 0 Å². The van der Waals surface area contributed by atoms with Crippen molar-refractivity contribution < 1.29 is 5.11 Å². The van der Waals surface area contributed by atoms with Gasteiger partial charge in [-0.15, -0.1) is 12.4 Å². The lowest BCUT2D eigenvalue weighted by Crippen LogP contribution is -2.27. The highest BCUT2D eigenvalue weighted by Gasteiger charge is 2.34. The number of aliphatic hydroxyl groups is 1. The summed E-state index contributed by atoms with van der Waals surface area (Å²) in [4.78, 5) is 0. The minimum absolute atomic E-state index is 0. The molecule has 1 aromatic rings. The topological polar surface area (TPSA) is 46.2 Å². The molecule has 96 valence electrons. The zero-order chi connectivity index (χ0) is 11.7. The largest absolute Gasteiger partial charge is 0.391 e. The number of hydrogen-bond donors (Lipinski definition) is 2. The second kappa shape index (κ2) is 5.85. The number of rotatable bonds is 4. The highest BCUT2D eigenvalue weighted by molar-refractivity contribution is 5.85. The van der Waals surface area contributed by atoms with Crippen LogP contribution >= 0.6 is 12.4 Å². The Bertz CT molecular complexity index is 346. The maximum absolute atomic E-state index is 9.96. The number of aliphatic hydroxyl groups excluding tert-OH is 1. The molecule has 0 aromatic heterocycles. The summed E-state index contributed by atoms with van der Waals surface area (Å²) in [6.07, 6.45) is 1.88. The molecule has 0 saturated heterocycles. The number of benzene rings is 1. The molecule has 2 nitrogen and oxygen atoms in total. The van der Waals surface area contributed by atoms with E-state index in [0.717, 1.165) is 18.4 Å². The summed E-state index contributed by atoms with van der Waals surface area (Å²) in [6, 6.07) is 8.09. The maximum Gasteiger partial charge on any atom is 0.0760 e. The zero-order valence-corrected chi connectivity index (χ0v) is 11.3. The third kappa shape index (κ3) is 3.44. The fourth-order valence-corrected chi connectivity index (χ4v) is 2.03. The molecule has 2 atom stereocenters. The van der Waals surface area contributed by atoms with Crippen molar-refractivity contribution in [3.05, 3.63) is 35.4 Å². The molecule has 0 amide bonds. The van der Waals surface area contributed by atoms with Crippen molar-refractivity contribution >= 4 is 12.4 Å². The first-order valence-corrected chi connectivity index (χ1v) is 6.13. The lowest BCUT2D eigenvalue weighted by molar-refractivity contribution is 0.122. The van der Waals surface area contributed by atoms with Gasteiger partial charge >= 0.3 is 0 Å². The van der Waals surface area contributed by atoms with Crippen LogP contribution in [0.4, 0.5) is 0 Å². The molecule has 1 saturated carbocycles. The van der Waals surface area contributed by atoms with E-state index in [9.17, 15) is 5.11 Å². The van der Waals surface area contributed by atoms with Crippen LogP contribution in [-0.4, -0.2) is 11.2 Å². The monoisotopic (exact) mass is 255 g/mol. The molecule has 1 aliphatic carbocycles. The van der Waals surface area contributed by atoms with Crippen molar-refractivity contribution in [1.29, 1.82) is 0 Å². The molecule has 17 heavy (non-hydrogen) atoms. The van der Waals surface area contributed by atoms with Crippen molar-refractivity contribution in [2.75, 3.05) is 0 Å². The number of halogens is 1. The van der Waals surface area contributed by atoms with E-state index in [1.54, 1.807) is 0 Å². The molecule has 0 aliphatic heterocycles. The van der Waals surface area contributed by atoms with Gasteiger partial charge in [-0.2, -0.15) is 0 Å². The van der Waals surface area contributed by atoms with Gasteiger partial charge in [0.25, 0.3) is 0 Å². The van der Waals surface area contributed by atoms with E-state index in [-0.39, 0.29) is 24.6 Å². The van der Waals surface area contributed by atoms with Crippen molar-refractivity contribution in [3.8, 4) is 0 Å².